The maximum Gasteiger partial charge on any atom is 0.224 e. The highest BCUT2D eigenvalue weighted by Crippen LogP contribution is 2.21. The minimum absolute atomic E-state index is 0.0804. The van der Waals surface area contributed by atoms with E-state index in [2.05, 4.69) is 10.6 Å². The predicted octanol–water partition coefficient (Wildman–Crippen LogP) is 4.34. The molecular formula is C22H26N2O4. The molecule has 0 aliphatic heterocycles. The number of Topliss-reactive ketones (excluding diaryl/α,β-unsaturated/α-hetero) is 1. The highest BCUT2D eigenvalue weighted by molar-refractivity contribution is 6.00. The molecule has 0 saturated heterocycles. The normalized spacial score (nSPS) is 10.2. The van der Waals surface area contributed by atoms with Crippen LogP contribution in [0.25, 0.3) is 0 Å². The first-order valence-corrected chi connectivity index (χ1v) is 9.39. The van der Waals surface area contributed by atoms with Gasteiger partial charge in [0, 0.05) is 36.2 Å². The Balaban J connectivity index is 1.92. The molecule has 6 heteroatoms. The average molecular weight is 382 g/mol. The summed E-state index contributed by atoms with van der Waals surface area (Å²) in [6.07, 6.45) is 0.575. The van der Waals surface area contributed by atoms with Gasteiger partial charge in [-0.1, -0.05) is 13.0 Å². The largest absolute Gasteiger partial charge is 0.494 e. The van der Waals surface area contributed by atoms with Gasteiger partial charge in [-0.25, -0.2) is 0 Å². The van der Waals surface area contributed by atoms with Crippen molar-refractivity contribution >= 4 is 29.0 Å². The van der Waals surface area contributed by atoms with Crippen LogP contribution in [0.2, 0.25) is 0 Å². The maximum absolute atomic E-state index is 12.3. The summed E-state index contributed by atoms with van der Waals surface area (Å²) in [7, 11) is 0. The first-order valence-electron chi connectivity index (χ1n) is 9.39. The summed E-state index contributed by atoms with van der Waals surface area (Å²) >= 11 is 0. The van der Waals surface area contributed by atoms with Gasteiger partial charge in [-0.05, 0) is 55.8 Å². The molecular weight excluding hydrogens is 356 g/mol. The number of aryl methyl sites for hydroxylation is 1. The van der Waals surface area contributed by atoms with Crippen molar-refractivity contribution in [1.29, 1.82) is 0 Å². The van der Waals surface area contributed by atoms with E-state index in [1.54, 1.807) is 43.3 Å². The lowest BCUT2D eigenvalue weighted by Gasteiger charge is -2.11. The second-order valence-electron chi connectivity index (χ2n) is 6.36. The van der Waals surface area contributed by atoms with E-state index in [1.165, 1.54) is 0 Å². The van der Waals surface area contributed by atoms with E-state index in [-0.39, 0.29) is 30.4 Å². The third-order valence-electron chi connectivity index (χ3n) is 4.18. The lowest BCUT2D eigenvalue weighted by Crippen LogP contribution is -2.15. The van der Waals surface area contributed by atoms with Crippen molar-refractivity contribution in [2.24, 2.45) is 0 Å². The lowest BCUT2D eigenvalue weighted by atomic mass is 10.1. The summed E-state index contributed by atoms with van der Waals surface area (Å²) in [6.45, 7) is 6.10. The highest BCUT2D eigenvalue weighted by atomic mass is 16.5. The number of nitrogens with one attached hydrogen (secondary N) is 2. The van der Waals surface area contributed by atoms with Crippen molar-refractivity contribution in [3.8, 4) is 5.75 Å². The summed E-state index contributed by atoms with van der Waals surface area (Å²) in [5, 5.41) is 5.58. The van der Waals surface area contributed by atoms with Gasteiger partial charge in [-0.2, -0.15) is 0 Å². The van der Waals surface area contributed by atoms with Crippen LogP contribution in [0.5, 0.6) is 5.75 Å². The number of hydrogen-bond acceptors (Lipinski definition) is 4. The Morgan fingerprint density at radius 1 is 0.893 bits per heavy atom. The summed E-state index contributed by atoms with van der Waals surface area (Å²) in [5.74, 6) is 0.268. The van der Waals surface area contributed by atoms with Gasteiger partial charge in [-0.3, -0.25) is 14.4 Å². The van der Waals surface area contributed by atoms with E-state index in [1.807, 2.05) is 19.9 Å². The third-order valence-corrected chi connectivity index (χ3v) is 4.18. The molecule has 2 amide bonds. The van der Waals surface area contributed by atoms with Crippen LogP contribution < -0.4 is 15.4 Å². The number of ether oxygens (including phenoxy) is 1. The molecule has 28 heavy (non-hydrogen) atoms. The molecule has 0 fully saturated rings. The van der Waals surface area contributed by atoms with Crippen molar-refractivity contribution in [3.63, 3.8) is 0 Å². The second kappa shape index (κ2) is 10.3. The number of hydrogen-bond donors (Lipinski definition) is 2. The maximum atomic E-state index is 12.3. The van der Waals surface area contributed by atoms with Crippen LogP contribution in [0.3, 0.4) is 0 Å². The molecule has 2 aromatic carbocycles. The van der Waals surface area contributed by atoms with Crippen molar-refractivity contribution < 1.29 is 19.1 Å². The Hall–Kier alpha value is -3.15. The molecule has 0 aliphatic carbocycles. The molecule has 0 bridgehead atoms. The first-order chi connectivity index (χ1) is 13.4. The van der Waals surface area contributed by atoms with Gasteiger partial charge < -0.3 is 15.4 Å². The molecule has 0 heterocycles. The zero-order valence-corrected chi connectivity index (χ0v) is 16.5. The number of carbonyl (C=O) groups excluding carboxylic acids is 3. The molecule has 2 rings (SSSR count). The monoisotopic (exact) mass is 382 g/mol. The van der Waals surface area contributed by atoms with E-state index in [4.69, 9.17) is 4.74 Å². The van der Waals surface area contributed by atoms with Crippen LogP contribution in [-0.2, 0) is 9.59 Å². The van der Waals surface area contributed by atoms with Crippen LogP contribution in [0.4, 0.5) is 11.4 Å². The van der Waals surface area contributed by atoms with Crippen LogP contribution in [-0.4, -0.2) is 24.2 Å². The standard InChI is InChI=1S/C22H26N2O4/c1-4-21(26)23-17-9-6-15(3)19(14-17)24-22(27)13-12-20(25)16-7-10-18(11-8-16)28-5-2/h6-11,14H,4-5,12-13H2,1-3H3,(H,23,26)(H,24,27). The lowest BCUT2D eigenvalue weighted by molar-refractivity contribution is -0.116. The Morgan fingerprint density at radius 2 is 1.61 bits per heavy atom. The smallest absolute Gasteiger partial charge is 0.224 e. The summed E-state index contributed by atoms with van der Waals surface area (Å²) < 4.78 is 5.36. The van der Waals surface area contributed by atoms with Crippen molar-refractivity contribution in [2.75, 3.05) is 17.2 Å². The van der Waals surface area contributed by atoms with Crippen LogP contribution in [0, 0.1) is 6.92 Å². The first kappa shape index (κ1) is 21.2. The van der Waals surface area contributed by atoms with Gasteiger partial charge in [0.1, 0.15) is 5.75 Å². The number of ketones is 1. The third kappa shape index (κ3) is 6.23. The molecule has 148 valence electrons. The molecule has 0 atom stereocenters. The van der Waals surface area contributed by atoms with E-state index in [0.29, 0.717) is 35.7 Å². The molecule has 0 radical (unpaired) electrons. The van der Waals surface area contributed by atoms with E-state index in [0.717, 1.165) is 5.56 Å². The topological polar surface area (TPSA) is 84.5 Å². The predicted molar refractivity (Wildman–Crippen MR) is 110 cm³/mol. The van der Waals surface area contributed by atoms with Crippen molar-refractivity contribution in [1.82, 2.24) is 0 Å². The zero-order valence-electron chi connectivity index (χ0n) is 16.5. The number of anilines is 2. The molecule has 2 aromatic rings. The van der Waals surface area contributed by atoms with E-state index >= 15 is 0 Å². The average Bonchev–Trinajstić information content (AvgIpc) is 2.69. The van der Waals surface area contributed by atoms with Crippen LogP contribution >= 0.6 is 0 Å². The summed E-state index contributed by atoms with van der Waals surface area (Å²) in [6, 6.07) is 12.2. The van der Waals surface area contributed by atoms with E-state index in [9.17, 15) is 14.4 Å². The van der Waals surface area contributed by atoms with Gasteiger partial charge in [0.05, 0.1) is 6.61 Å². The Kier molecular flexibility index (Phi) is 7.75. The molecule has 6 nitrogen and oxygen atoms in total. The number of benzene rings is 2. The van der Waals surface area contributed by atoms with Crippen molar-refractivity contribution in [2.45, 2.75) is 40.0 Å². The van der Waals surface area contributed by atoms with Gasteiger partial charge in [0.15, 0.2) is 5.78 Å². The van der Waals surface area contributed by atoms with Gasteiger partial charge in [0.25, 0.3) is 0 Å². The Bertz CT molecular complexity index is 844. The van der Waals surface area contributed by atoms with Gasteiger partial charge in [-0.15, -0.1) is 0 Å². The highest BCUT2D eigenvalue weighted by Gasteiger charge is 2.11. The molecule has 0 saturated carbocycles. The summed E-state index contributed by atoms with van der Waals surface area (Å²) in [5.41, 5.74) is 2.67. The quantitative estimate of drug-likeness (QED) is 0.632. The molecule has 0 spiro atoms. The fourth-order valence-corrected chi connectivity index (χ4v) is 2.57. The Labute approximate surface area is 165 Å². The van der Waals surface area contributed by atoms with Crippen LogP contribution in [0.15, 0.2) is 42.5 Å². The minimum Gasteiger partial charge on any atom is -0.494 e. The number of amides is 2. The zero-order chi connectivity index (χ0) is 20.5. The number of rotatable bonds is 9. The molecule has 0 aliphatic rings. The van der Waals surface area contributed by atoms with Crippen LogP contribution in [0.1, 0.15) is 49.0 Å². The minimum atomic E-state index is -0.249. The fraction of sp³-hybridized carbons (Fsp3) is 0.318. The second-order valence-corrected chi connectivity index (χ2v) is 6.36. The SMILES string of the molecule is CCOc1ccc(C(=O)CCC(=O)Nc2cc(NC(=O)CC)ccc2C)cc1. The summed E-state index contributed by atoms with van der Waals surface area (Å²) in [4.78, 5) is 36.1. The van der Waals surface area contributed by atoms with E-state index < -0.39 is 0 Å². The van der Waals surface area contributed by atoms with Crippen molar-refractivity contribution in [3.05, 3.63) is 53.6 Å². The van der Waals surface area contributed by atoms with Gasteiger partial charge >= 0.3 is 0 Å². The molecule has 0 aromatic heterocycles. The number of carbonyl (C=O) groups is 3. The van der Waals surface area contributed by atoms with Gasteiger partial charge in [0.2, 0.25) is 11.8 Å². The fourth-order valence-electron chi connectivity index (χ4n) is 2.57. The molecule has 2 N–H and O–H groups in total. The molecule has 0 unspecified atom stereocenters. The Morgan fingerprint density at radius 3 is 2.25 bits per heavy atom.